The highest BCUT2D eigenvalue weighted by molar-refractivity contribution is 7.52. The fraction of sp³-hybridized carbons (Fsp3) is 1.00. The maximum absolute atomic E-state index is 10.7. The molecule has 116 valence electrons. The second-order valence-electron chi connectivity index (χ2n) is 4.40. The molecule has 0 saturated carbocycles. The minimum atomic E-state index is -4.24. The molecule has 0 fully saturated rings. The molecular weight excluding hydrogens is 321 g/mol. The lowest BCUT2D eigenvalue weighted by Crippen LogP contribution is -2.09. The van der Waals surface area contributed by atoms with E-state index >= 15 is 0 Å². The summed E-state index contributed by atoms with van der Waals surface area (Å²) in [5.41, 5.74) is 0. The van der Waals surface area contributed by atoms with Gasteiger partial charge in [-0.2, -0.15) is 0 Å². The van der Waals surface area contributed by atoms with E-state index in [1.54, 1.807) is 0 Å². The van der Waals surface area contributed by atoms with E-state index < -0.39 is 47.2 Å². The van der Waals surface area contributed by atoms with Crippen molar-refractivity contribution < 1.29 is 43.1 Å². The van der Waals surface area contributed by atoms with Crippen LogP contribution < -0.4 is 0 Å². The Bertz CT molecular complexity index is 342. The quantitative estimate of drug-likeness (QED) is 0.323. The molecule has 0 heterocycles. The molecule has 0 spiro atoms. The Labute approximate surface area is 110 Å². The summed E-state index contributed by atoms with van der Waals surface area (Å²) in [7, 11) is -12.7. The second kappa shape index (κ2) is 7.46. The van der Waals surface area contributed by atoms with Gasteiger partial charge in [0, 0.05) is 0 Å². The summed E-state index contributed by atoms with van der Waals surface area (Å²) >= 11 is 0. The first kappa shape index (κ1) is 19.4. The van der Waals surface area contributed by atoms with Crippen molar-refractivity contribution in [3.05, 3.63) is 0 Å². The highest BCUT2D eigenvalue weighted by Gasteiger charge is 2.23. The summed E-state index contributed by atoms with van der Waals surface area (Å²) in [4.78, 5) is 52.4. The highest BCUT2D eigenvalue weighted by Crippen LogP contribution is 2.42. The molecular formula is C7H19O9P3. The first-order chi connectivity index (χ1) is 8.29. The largest absolute Gasteiger partial charge is 0.325 e. The standard InChI is InChI=1S/C7H19O9P3/c8-17(9,10)4-1-7(2-5-18(11,12)13)3-6-19(14,15)16/h7H,1-6H2,(H2,8,9,10)(H2,11,12,13)(H2,14,15,16). The van der Waals surface area contributed by atoms with Crippen molar-refractivity contribution in [1.29, 1.82) is 0 Å². The third-order valence-corrected chi connectivity index (χ3v) is 5.01. The van der Waals surface area contributed by atoms with Gasteiger partial charge in [-0.05, 0) is 25.2 Å². The zero-order valence-electron chi connectivity index (χ0n) is 10.1. The summed E-state index contributed by atoms with van der Waals surface area (Å²) in [6.07, 6.45) is -1.53. The van der Waals surface area contributed by atoms with E-state index in [-0.39, 0.29) is 19.3 Å². The zero-order chi connectivity index (χ0) is 15.3. The van der Waals surface area contributed by atoms with Crippen LogP contribution in [0.4, 0.5) is 0 Å². The normalized spacial score (nSPS) is 14.1. The van der Waals surface area contributed by atoms with Gasteiger partial charge in [-0.3, -0.25) is 13.7 Å². The van der Waals surface area contributed by atoms with Gasteiger partial charge in [0.2, 0.25) is 0 Å². The molecule has 0 saturated heterocycles. The maximum atomic E-state index is 10.7. The lowest BCUT2D eigenvalue weighted by Gasteiger charge is -2.17. The van der Waals surface area contributed by atoms with E-state index in [0.717, 1.165) is 0 Å². The van der Waals surface area contributed by atoms with E-state index in [9.17, 15) is 13.7 Å². The molecule has 0 bridgehead atoms. The number of hydrogen-bond donors (Lipinski definition) is 6. The lowest BCUT2D eigenvalue weighted by atomic mass is 10.0. The first-order valence-electron chi connectivity index (χ1n) is 5.42. The molecule has 0 amide bonds. The van der Waals surface area contributed by atoms with Gasteiger partial charge < -0.3 is 29.4 Å². The van der Waals surface area contributed by atoms with Crippen molar-refractivity contribution in [1.82, 2.24) is 0 Å². The third-order valence-electron chi connectivity index (χ3n) is 2.49. The first-order valence-corrected chi connectivity index (χ1v) is 10.8. The Morgan fingerprint density at radius 3 is 0.947 bits per heavy atom. The van der Waals surface area contributed by atoms with E-state index in [0.29, 0.717) is 0 Å². The molecule has 0 aliphatic carbocycles. The van der Waals surface area contributed by atoms with Crippen LogP contribution in [0.25, 0.3) is 0 Å². The summed E-state index contributed by atoms with van der Waals surface area (Å²) < 4.78 is 32.2. The van der Waals surface area contributed by atoms with Crippen molar-refractivity contribution >= 4 is 22.8 Å². The Hall–Kier alpha value is 0.450. The molecule has 12 heteroatoms. The predicted octanol–water partition coefficient (Wildman–Crippen LogP) is 0.306. The zero-order valence-corrected chi connectivity index (χ0v) is 12.8. The molecule has 6 N–H and O–H groups in total. The Balaban J connectivity index is 4.42. The van der Waals surface area contributed by atoms with Gasteiger partial charge in [0.05, 0.1) is 18.5 Å². The van der Waals surface area contributed by atoms with Crippen LogP contribution in [0.2, 0.25) is 0 Å². The van der Waals surface area contributed by atoms with Crippen molar-refractivity contribution in [2.45, 2.75) is 19.3 Å². The fourth-order valence-electron chi connectivity index (χ4n) is 1.49. The Morgan fingerprint density at radius 2 is 0.789 bits per heavy atom. The highest BCUT2D eigenvalue weighted by atomic mass is 31.2. The number of hydrogen-bond acceptors (Lipinski definition) is 3. The predicted molar refractivity (Wildman–Crippen MR) is 68.1 cm³/mol. The van der Waals surface area contributed by atoms with E-state index in [2.05, 4.69) is 0 Å². The molecule has 0 radical (unpaired) electrons. The van der Waals surface area contributed by atoms with Gasteiger partial charge in [-0.1, -0.05) is 0 Å². The van der Waals surface area contributed by atoms with Crippen molar-refractivity contribution in [2.75, 3.05) is 18.5 Å². The monoisotopic (exact) mass is 340 g/mol. The molecule has 0 aromatic heterocycles. The van der Waals surface area contributed by atoms with Gasteiger partial charge in [0.15, 0.2) is 0 Å². The topological polar surface area (TPSA) is 173 Å². The smallest absolute Gasteiger partial charge is 0.324 e. The SMILES string of the molecule is O=P(O)(O)CCC(CCP(=O)(O)O)CCP(=O)(O)O. The molecule has 0 aliphatic heterocycles. The molecule has 19 heavy (non-hydrogen) atoms. The average Bonchev–Trinajstić information content (AvgIpc) is 2.11. The van der Waals surface area contributed by atoms with Crippen LogP contribution in [0.15, 0.2) is 0 Å². The van der Waals surface area contributed by atoms with Crippen LogP contribution in [0.5, 0.6) is 0 Å². The fourth-order valence-corrected chi connectivity index (χ4v) is 3.59. The lowest BCUT2D eigenvalue weighted by molar-refractivity contribution is 0.348. The van der Waals surface area contributed by atoms with Crippen LogP contribution in [-0.2, 0) is 13.7 Å². The van der Waals surface area contributed by atoms with Crippen LogP contribution in [-0.4, -0.2) is 47.8 Å². The van der Waals surface area contributed by atoms with Crippen LogP contribution in [0.1, 0.15) is 19.3 Å². The van der Waals surface area contributed by atoms with Crippen LogP contribution >= 0.6 is 22.8 Å². The molecule has 0 aliphatic rings. The van der Waals surface area contributed by atoms with E-state index in [4.69, 9.17) is 29.4 Å². The molecule has 0 unspecified atom stereocenters. The Kier molecular flexibility index (Phi) is 7.63. The van der Waals surface area contributed by atoms with Gasteiger partial charge in [-0.25, -0.2) is 0 Å². The third kappa shape index (κ3) is 14.7. The molecule has 9 nitrogen and oxygen atoms in total. The van der Waals surface area contributed by atoms with Crippen molar-refractivity contribution in [3.8, 4) is 0 Å². The molecule has 0 aromatic carbocycles. The van der Waals surface area contributed by atoms with E-state index in [1.807, 2.05) is 0 Å². The summed E-state index contributed by atoms with van der Waals surface area (Å²) in [5.74, 6) is -0.548. The van der Waals surface area contributed by atoms with Crippen LogP contribution in [0, 0.1) is 5.92 Å². The maximum Gasteiger partial charge on any atom is 0.325 e. The van der Waals surface area contributed by atoms with Crippen LogP contribution in [0.3, 0.4) is 0 Å². The van der Waals surface area contributed by atoms with Gasteiger partial charge >= 0.3 is 22.8 Å². The summed E-state index contributed by atoms with van der Waals surface area (Å²) in [6.45, 7) is 0. The van der Waals surface area contributed by atoms with Gasteiger partial charge in [0.25, 0.3) is 0 Å². The molecule has 0 atom stereocenters. The molecule has 0 aromatic rings. The van der Waals surface area contributed by atoms with Crippen molar-refractivity contribution in [3.63, 3.8) is 0 Å². The average molecular weight is 340 g/mol. The van der Waals surface area contributed by atoms with Crippen molar-refractivity contribution in [2.24, 2.45) is 5.92 Å². The number of rotatable bonds is 9. The summed E-state index contributed by atoms with van der Waals surface area (Å²) in [6, 6.07) is 0. The Morgan fingerprint density at radius 1 is 0.579 bits per heavy atom. The van der Waals surface area contributed by atoms with Gasteiger partial charge in [-0.15, -0.1) is 0 Å². The minimum Gasteiger partial charge on any atom is -0.324 e. The molecule has 0 rings (SSSR count). The summed E-state index contributed by atoms with van der Waals surface area (Å²) in [5, 5.41) is 0. The minimum absolute atomic E-state index is 0.0374. The second-order valence-corrected chi connectivity index (χ2v) is 9.73. The van der Waals surface area contributed by atoms with E-state index in [1.165, 1.54) is 0 Å². The van der Waals surface area contributed by atoms with Gasteiger partial charge in [0.1, 0.15) is 0 Å².